The molecule has 2 aromatic rings. The third-order valence-corrected chi connectivity index (χ3v) is 4.65. The second-order valence-corrected chi connectivity index (χ2v) is 6.77. The van der Waals surface area contributed by atoms with Gasteiger partial charge in [0.25, 0.3) is 0 Å². The van der Waals surface area contributed by atoms with Gasteiger partial charge in [-0.2, -0.15) is 0 Å². The predicted octanol–water partition coefficient (Wildman–Crippen LogP) is 2.22. The molecule has 0 aliphatic heterocycles. The lowest BCUT2D eigenvalue weighted by molar-refractivity contribution is 0.583. The molecule has 1 heterocycles. The molecule has 0 radical (unpaired) electrons. The fraction of sp³-hybridized carbons (Fsp3) is 0.267. The number of fused-ring (bicyclic) bond motifs is 1. The van der Waals surface area contributed by atoms with E-state index in [0.717, 1.165) is 30.6 Å². The normalized spacial score (nSPS) is 18.0. The van der Waals surface area contributed by atoms with Crippen LogP contribution in [0.3, 0.4) is 0 Å². The SMILES string of the molecule is NS(=O)(=O)c1ccc(NC2CCCc3cccnc32)cc1. The summed E-state index contributed by atoms with van der Waals surface area (Å²) < 4.78 is 22.5. The Kier molecular flexibility index (Phi) is 3.65. The van der Waals surface area contributed by atoms with Crippen LogP contribution >= 0.6 is 0 Å². The molecule has 0 amide bonds. The van der Waals surface area contributed by atoms with Crippen LogP contribution in [-0.2, 0) is 16.4 Å². The first-order chi connectivity index (χ1) is 10.0. The smallest absolute Gasteiger partial charge is 0.238 e. The Morgan fingerprint density at radius 2 is 1.95 bits per heavy atom. The van der Waals surface area contributed by atoms with E-state index in [1.165, 1.54) is 17.7 Å². The average molecular weight is 303 g/mol. The van der Waals surface area contributed by atoms with Crippen LogP contribution in [0.2, 0.25) is 0 Å². The molecule has 1 atom stereocenters. The maximum Gasteiger partial charge on any atom is 0.238 e. The van der Waals surface area contributed by atoms with E-state index in [-0.39, 0.29) is 10.9 Å². The molecule has 3 rings (SSSR count). The van der Waals surface area contributed by atoms with Crippen LogP contribution < -0.4 is 10.5 Å². The monoisotopic (exact) mass is 303 g/mol. The number of rotatable bonds is 3. The van der Waals surface area contributed by atoms with Gasteiger partial charge in [0.05, 0.1) is 16.6 Å². The lowest BCUT2D eigenvalue weighted by atomic mass is 9.92. The fourth-order valence-electron chi connectivity index (χ4n) is 2.69. The van der Waals surface area contributed by atoms with E-state index in [2.05, 4.69) is 16.4 Å². The van der Waals surface area contributed by atoms with Gasteiger partial charge in [-0.05, 0) is 55.2 Å². The highest BCUT2D eigenvalue weighted by atomic mass is 32.2. The highest BCUT2D eigenvalue weighted by Crippen LogP contribution is 2.30. The van der Waals surface area contributed by atoms with E-state index in [1.807, 2.05) is 12.3 Å². The lowest BCUT2D eigenvalue weighted by Crippen LogP contribution is -2.19. The number of aryl methyl sites for hydroxylation is 1. The third kappa shape index (κ3) is 3.06. The molecule has 3 N–H and O–H groups in total. The quantitative estimate of drug-likeness (QED) is 0.910. The van der Waals surface area contributed by atoms with Gasteiger partial charge in [-0.3, -0.25) is 4.98 Å². The third-order valence-electron chi connectivity index (χ3n) is 3.72. The van der Waals surface area contributed by atoms with Gasteiger partial charge in [-0.15, -0.1) is 0 Å². The Labute approximate surface area is 124 Å². The van der Waals surface area contributed by atoms with E-state index in [0.29, 0.717) is 0 Å². The maximum absolute atomic E-state index is 11.2. The molecule has 0 fully saturated rings. The predicted molar refractivity (Wildman–Crippen MR) is 81.4 cm³/mol. The highest BCUT2D eigenvalue weighted by Gasteiger charge is 2.21. The van der Waals surface area contributed by atoms with E-state index < -0.39 is 10.0 Å². The molecule has 5 nitrogen and oxygen atoms in total. The number of nitrogens with zero attached hydrogens (tertiary/aromatic N) is 1. The second kappa shape index (κ2) is 5.46. The molecular formula is C15H17N3O2S. The molecule has 6 heteroatoms. The fourth-order valence-corrected chi connectivity index (χ4v) is 3.21. The number of anilines is 1. The zero-order valence-corrected chi connectivity index (χ0v) is 12.3. The summed E-state index contributed by atoms with van der Waals surface area (Å²) in [5.41, 5.74) is 3.23. The molecule has 1 aliphatic carbocycles. The highest BCUT2D eigenvalue weighted by molar-refractivity contribution is 7.89. The van der Waals surface area contributed by atoms with Crippen molar-refractivity contribution in [1.29, 1.82) is 0 Å². The molecule has 0 saturated carbocycles. The summed E-state index contributed by atoms with van der Waals surface area (Å²) in [5, 5.41) is 8.51. The summed E-state index contributed by atoms with van der Waals surface area (Å²) in [4.78, 5) is 4.60. The van der Waals surface area contributed by atoms with Crippen LogP contribution in [0.5, 0.6) is 0 Å². The largest absolute Gasteiger partial charge is 0.377 e. The van der Waals surface area contributed by atoms with Crippen LogP contribution in [0.25, 0.3) is 0 Å². The van der Waals surface area contributed by atoms with Gasteiger partial charge < -0.3 is 5.32 Å². The zero-order chi connectivity index (χ0) is 14.9. The molecule has 110 valence electrons. The number of sulfonamides is 1. The Morgan fingerprint density at radius 1 is 1.19 bits per heavy atom. The van der Waals surface area contributed by atoms with Crippen molar-refractivity contribution < 1.29 is 8.42 Å². The zero-order valence-electron chi connectivity index (χ0n) is 11.5. The number of nitrogens with two attached hydrogens (primary N) is 1. The maximum atomic E-state index is 11.2. The van der Waals surface area contributed by atoms with E-state index in [1.54, 1.807) is 12.1 Å². The summed E-state index contributed by atoms with van der Waals surface area (Å²) in [5.74, 6) is 0. The van der Waals surface area contributed by atoms with Crippen molar-refractivity contribution in [3.05, 3.63) is 53.9 Å². The Morgan fingerprint density at radius 3 is 2.67 bits per heavy atom. The minimum atomic E-state index is -3.64. The molecule has 0 spiro atoms. The van der Waals surface area contributed by atoms with Crippen LogP contribution in [0, 0.1) is 0 Å². The summed E-state index contributed by atoms with van der Waals surface area (Å²) in [6.07, 6.45) is 5.00. The van der Waals surface area contributed by atoms with E-state index in [4.69, 9.17) is 5.14 Å². The van der Waals surface area contributed by atoms with E-state index in [9.17, 15) is 8.42 Å². The standard InChI is InChI=1S/C15H17N3O2S/c16-21(19,20)13-8-6-12(7-9-13)18-14-5-1-3-11-4-2-10-17-15(11)14/h2,4,6-10,14,18H,1,3,5H2,(H2,16,19,20). The topological polar surface area (TPSA) is 85.1 Å². The van der Waals surface area contributed by atoms with Crippen molar-refractivity contribution in [2.75, 3.05) is 5.32 Å². The molecule has 21 heavy (non-hydrogen) atoms. The number of hydrogen-bond acceptors (Lipinski definition) is 4. The molecule has 0 saturated heterocycles. The van der Waals surface area contributed by atoms with Crippen LogP contribution in [0.15, 0.2) is 47.5 Å². The van der Waals surface area contributed by atoms with Gasteiger partial charge in [0.2, 0.25) is 10.0 Å². The summed E-state index contributed by atoms with van der Waals surface area (Å²) >= 11 is 0. The molecular weight excluding hydrogens is 286 g/mol. The minimum Gasteiger partial charge on any atom is -0.377 e. The number of aromatic nitrogens is 1. The summed E-state index contributed by atoms with van der Waals surface area (Å²) in [7, 11) is -3.64. The molecule has 1 aliphatic rings. The van der Waals surface area contributed by atoms with Crippen molar-refractivity contribution in [1.82, 2.24) is 4.98 Å². The van der Waals surface area contributed by atoms with Gasteiger partial charge in [0.15, 0.2) is 0 Å². The Balaban J connectivity index is 1.82. The molecule has 1 unspecified atom stereocenters. The van der Waals surface area contributed by atoms with Gasteiger partial charge in [0, 0.05) is 11.9 Å². The van der Waals surface area contributed by atoms with Gasteiger partial charge in [0.1, 0.15) is 0 Å². The Hall–Kier alpha value is -1.92. The van der Waals surface area contributed by atoms with Gasteiger partial charge >= 0.3 is 0 Å². The molecule has 1 aromatic heterocycles. The van der Waals surface area contributed by atoms with Gasteiger partial charge in [-0.1, -0.05) is 6.07 Å². The van der Waals surface area contributed by atoms with Crippen molar-refractivity contribution in [2.24, 2.45) is 5.14 Å². The second-order valence-electron chi connectivity index (χ2n) is 5.21. The van der Waals surface area contributed by atoms with Gasteiger partial charge in [-0.25, -0.2) is 13.6 Å². The Bertz CT molecular complexity index is 742. The van der Waals surface area contributed by atoms with Crippen LogP contribution in [-0.4, -0.2) is 13.4 Å². The number of primary sulfonamides is 1. The van der Waals surface area contributed by atoms with Crippen LogP contribution in [0.1, 0.15) is 30.1 Å². The number of nitrogens with one attached hydrogen (secondary N) is 1. The van der Waals surface area contributed by atoms with Crippen molar-refractivity contribution >= 4 is 15.7 Å². The van der Waals surface area contributed by atoms with E-state index >= 15 is 0 Å². The van der Waals surface area contributed by atoms with Crippen molar-refractivity contribution in [3.63, 3.8) is 0 Å². The average Bonchev–Trinajstić information content (AvgIpc) is 2.47. The van der Waals surface area contributed by atoms with Crippen LogP contribution in [0.4, 0.5) is 5.69 Å². The minimum absolute atomic E-state index is 0.121. The number of hydrogen-bond donors (Lipinski definition) is 2. The summed E-state index contributed by atoms with van der Waals surface area (Å²) in [6, 6.07) is 10.7. The first-order valence-electron chi connectivity index (χ1n) is 6.87. The summed E-state index contributed by atoms with van der Waals surface area (Å²) in [6.45, 7) is 0. The van der Waals surface area contributed by atoms with Crippen molar-refractivity contribution in [3.8, 4) is 0 Å². The first kappa shape index (κ1) is 14.0. The first-order valence-corrected chi connectivity index (χ1v) is 8.42. The van der Waals surface area contributed by atoms with Crippen molar-refractivity contribution in [2.45, 2.75) is 30.2 Å². The molecule has 1 aromatic carbocycles. The lowest BCUT2D eigenvalue weighted by Gasteiger charge is -2.26. The number of benzene rings is 1. The molecule has 0 bridgehead atoms. The number of pyridine rings is 1.